The molecule has 152 valence electrons. The Bertz CT molecular complexity index is 914. The molecule has 0 saturated carbocycles. The zero-order valence-corrected chi connectivity index (χ0v) is 17.3. The number of nitrogens with zero attached hydrogens (tertiary/aromatic N) is 1. The van der Waals surface area contributed by atoms with Crippen molar-refractivity contribution >= 4 is 29.1 Å². The number of imide groups is 1. The van der Waals surface area contributed by atoms with E-state index in [1.165, 1.54) is 16.2 Å². The molecule has 4 rings (SSSR count). The van der Waals surface area contributed by atoms with Crippen LogP contribution in [0.15, 0.2) is 47.8 Å². The van der Waals surface area contributed by atoms with E-state index >= 15 is 0 Å². The second kappa shape index (κ2) is 7.72. The van der Waals surface area contributed by atoms with E-state index in [-0.39, 0.29) is 24.8 Å². The van der Waals surface area contributed by atoms with Crippen molar-refractivity contribution in [2.24, 2.45) is 11.8 Å². The fraction of sp³-hybridized carbons (Fsp3) is 0.409. The van der Waals surface area contributed by atoms with Crippen molar-refractivity contribution < 1.29 is 19.1 Å². The van der Waals surface area contributed by atoms with Crippen LogP contribution in [-0.2, 0) is 25.5 Å². The van der Waals surface area contributed by atoms with E-state index < -0.39 is 29.4 Å². The lowest BCUT2D eigenvalue weighted by Gasteiger charge is -2.32. The van der Waals surface area contributed by atoms with Crippen LogP contribution in [0.1, 0.15) is 30.3 Å². The highest BCUT2D eigenvalue weighted by Gasteiger charge is 2.68. The van der Waals surface area contributed by atoms with Gasteiger partial charge in [-0.05, 0) is 30.9 Å². The molecule has 1 aromatic carbocycles. The molecule has 6 nitrogen and oxygen atoms in total. The van der Waals surface area contributed by atoms with Gasteiger partial charge in [-0.1, -0.05) is 36.4 Å². The van der Waals surface area contributed by atoms with Gasteiger partial charge in [0.05, 0.1) is 24.5 Å². The Kier molecular flexibility index (Phi) is 5.27. The summed E-state index contributed by atoms with van der Waals surface area (Å²) < 4.78 is 5.45. The molecule has 2 saturated heterocycles. The van der Waals surface area contributed by atoms with Crippen LogP contribution >= 0.6 is 11.3 Å². The lowest BCUT2D eigenvalue weighted by atomic mass is 9.76. The van der Waals surface area contributed by atoms with E-state index in [1.807, 2.05) is 47.8 Å². The van der Waals surface area contributed by atoms with Gasteiger partial charge in [0, 0.05) is 17.8 Å². The number of hydrogen-bond donors (Lipinski definition) is 1. The number of hydrogen-bond acceptors (Lipinski definition) is 6. The van der Waals surface area contributed by atoms with Crippen LogP contribution in [0.3, 0.4) is 0 Å². The summed E-state index contributed by atoms with van der Waals surface area (Å²) in [7, 11) is 0. The van der Waals surface area contributed by atoms with Crippen molar-refractivity contribution in [1.82, 2.24) is 10.2 Å². The van der Waals surface area contributed by atoms with Gasteiger partial charge in [0.2, 0.25) is 11.8 Å². The van der Waals surface area contributed by atoms with Crippen molar-refractivity contribution in [2.45, 2.75) is 31.8 Å². The Balaban J connectivity index is 1.85. The van der Waals surface area contributed by atoms with Gasteiger partial charge in [-0.2, -0.15) is 0 Å². The number of rotatable bonds is 6. The number of benzene rings is 1. The highest BCUT2D eigenvalue weighted by Crippen LogP contribution is 2.51. The van der Waals surface area contributed by atoms with Crippen LogP contribution in [0, 0.1) is 11.8 Å². The maximum atomic E-state index is 13.3. The molecule has 2 fully saturated rings. The molecule has 3 heterocycles. The van der Waals surface area contributed by atoms with Gasteiger partial charge in [0.1, 0.15) is 5.54 Å². The zero-order valence-electron chi connectivity index (χ0n) is 16.5. The maximum Gasteiger partial charge on any atom is 0.327 e. The van der Waals surface area contributed by atoms with E-state index in [0.717, 1.165) is 10.4 Å². The van der Waals surface area contributed by atoms with E-state index in [9.17, 15) is 14.4 Å². The van der Waals surface area contributed by atoms with Crippen LogP contribution in [0.2, 0.25) is 0 Å². The summed E-state index contributed by atoms with van der Waals surface area (Å²) in [6, 6.07) is 13.0. The summed E-state index contributed by atoms with van der Waals surface area (Å²) in [6.45, 7) is 4.04. The minimum absolute atomic E-state index is 0.206. The van der Waals surface area contributed by atoms with Crippen LogP contribution < -0.4 is 5.32 Å². The zero-order chi connectivity index (χ0) is 20.6. The van der Waals surface area contributed by atoms with Gasteiger partial charge < -0.3 is 4.74 Å². The van der Waals surface area contributed by atoms with Crippen molar-refractivity contribution in [3.63, 3.8) is 0 Å². The average molecular weight is 413 g/mol. The number of fused-ring (bicyclic) bond motifs is 1. The number of carbonyl (C=O) groups excluding carboxylic acids is 3. The molecule has 2 aliphatic rings. The fourth-order valence-electron chi connectivity index (χ4n) is 4.69. The third-order valence-electron chi connectivity index (χ3n) is 5.88. The molecule has 2 aliphatic heterocycles. The van der Waals surface area contributed by atoms with Crippen LogP contribution in [0.5, 0.6) is 0 Å². The SMILES string of the molecule is CCOC(=O)[C@]1(Cc2ccccc2)N[C@H](c2cccs2)[C@@H]2C(=O)N(CC)C(=O)[C@@H]21. The van der Waals surface area contributed by atoms with Gasteiger partial charge in [0.25, 0.3) is 0 Å². The van der Waals surface area contributed by atoms with Crippen molar-refractivity contribution in [3.05, 3.63) is 58.3 Å². The number of amides is 2. The quantitative estimate of drug-likeness (QED) is 0.583. The Morgan fingerprint density at radius 3 is 2.52 bits per heavy atom. The van der Waals surface area contributed by atoms with E-state index in [4.69, 9.17) is 4.74 Å². The first-order valence-electron chi connectivity index (χ1n) is 9.91. The minimum Gasteiger partial charge on any atom is -0.465 e. The molecule has 2 aromatic rings. The highest BCUT2D eigenvalue weighted by molar-refractivity contribution is 7.10. The Morgan fingerprint density at radius 2 is 1.90 bits per heavy atom. The van der Waals surface area contributed by atoms with Crippen molar-refractivity contribution in [1.29, 1.82) is 0 Å². The molecular weight excluding hydrogens is 388 g/mol. The van der Waals surface area contributed by atoms with E-state index in [2.05, 4.69) is 5.32 Å². The highest BCUT2D eigenvalue weighted by atomic mass is 32.1. The molecule has 0 radical (unpaired) electrons. The van der Waals surface area contributed by atoms with Crippen LogP contribution in [-0.4, -0.2) is 41.4 Å². The first-order chi connectivity index (χ1) is 14.0. The Labute approximate surface area is 173 Å². The summed E-state index contributed by atoms with van der Waals surface area (Å²) in [6.07, 6.45) is 0.284. The molecule has 2 amide bonds. The van der Waals surface area contributed by atoms with Crippen LogP contribution in [0.25, 0.3) is 0 Å². The predicted molar refractivity (Wildman–Crippen MR) is 109 cm³/mol. The lowest BCUT2D eigenvalue weighted by molar-refractivity contribution is -0.156. The minimum atomic E-state index is -1.28. The maximum absolute atomic E-state index is 13.3. The van der Waals surface area contributed by atoms with Gasteiger partial charge in [-0.3, -0.25) is 24.6 Å². The van der Waals surface area contributed by atoms with E-state index in [0.29, 0.717) is 6.54 Å². The van der Waals surface area contributed by atoms with Gasteiger partial charge in [-0.25, -0.2) is 0 Å². The molecule has 0 aliphatic carbocycles. The number of nitrogens with one attached hydrogen (secondary N) is 1. The number of esters is 1. The molecule has 1 N–H and O–H groups in total. The smallest absolute Gasteiger partial charge is 0.327 e. The topological polar surface area (TPSA) is 75.7 Å². The third kappa shape index (κ3) is 3.09. The fourth-order valence-corrected chi connectivity index (χ4v) is 5.51. The standard InChI is InChI=1S/C22H24N2O4S/c1-3-24-19(25)16-17(20(24)26)22(21(27)28-4-2,13-14-9-6-5-7-10-14)23-18(16)15-11-8-12-29-15/h5-12,16-18,23H,3-4,13H2,1-2H3/t16-,17-,18-,22-/m1/s1. The van der Waals surface area contributed by atoms with E-state index in [1.54, 1.807) is 13.8 Å². The normalized spacial score (nSPS) is 28.6. The summed E-state index contributed by atoms with van der Waals surface area (Å²) in [4.78, 5) is 42.0. The molecule has 0 spiro atoms. The number of ether oxygens (including phenoxy) is 1. The first kappa shape index (κ1) is 19.8. The monoisotopic (exact) mass is 412 g/mol. The first-order valence-corrected chi connectivity index (χ1v) is 10.8. The van der Waals surface area contributed by atoms with Gasteiger partial charge in [-0.15, -0.1) is 11.3 Å². The number of carbonyl (C=O) groups is 3. The second-order valence-electron chi connectivity index (χ2n) is 7.42. The lowest BCUT2D eigenvalue weighted by Crippen LogP contribution is -2.58. The average Bonchev–Trinajstić information content (AvgIpc) is 3.41. The molecule has 29 heavy (non-hydrogen) atoms. The third-order valence-corrected chi connectivity index (χ3v) is 6.83. The van der Waals surface area contributed by atoms with Crippen LogP contribution in [0.4, 0.5) is 0 Å². The van der Waals surface area contributed by atoms with Crippen molar-refractivity contribution in [2.75, 3.05) is 13.2 Å². The summed E-state index contributed by atoms with van der Waals surface area (Å²) in [5, 5.41) is 5.35. The van der Waals surface area contributed by atoms with Gasteiger partial charge >= 0.3 is 5.97 Å². The second-order valence-corrected chi connectivity index (χ2v) is 8.40. The molecule has 0 unspecified atom stereocenters. The summed E-state index contributed by atoms with van der Waals surface area (Å²) in [5.41, 5.74) is -0.373. The molecule has 7 heteroatoms. The Morgan fingerprint density at radius 1 is 1.14 bits per heavy atom. The predicted octanol–water partition coefficient (Wildman–Crippen LogP) is 2.56. The molecule has 0 bridgehead atoms. The molecule has 4 atom stereocenters. The number of thiophene rings is 1. The molecule has 1 aromatic heterocycles. The largest absolute Gasteiger partial charge is 0.465 e. The molecular formula is C22H24N2O4S. The Hall–Kier alpha value is -2.51. The summed E-state index contributed by atoms with van der Waals surface area (Å²) in [5.74, 6) is -2.39. The summed E-state index contributed by atoms with van der Waals surface area (Å²) >= 11 is 1.52. The number of likely N-dealkylation sites (tertiary alicyclic amines) is 1. The van der Waals surface area contributed by atoms with Crippen molar-refractivity contribution in [3.8, 4) is 0 Å². The van der Waals surface area contributed by atoms with Gasteiger partial charge in [0.15, 0.2) is 0 Å².